The first-order chi connectivity index (χ1) is 9.04. The molecule has 1 aromatic rings. The first-order valence-corrected chi connectivity index (χ1v) is 7.04. The van der Waals surface area contributed by atoms with E-state index in [1.807, 2.05) is 25.1 Å². The molecule has 0 bridgehead atoms. The van der Waals surface area contributed by atoms with Crippen LogP contribution in [0.1, 0.15) is 31.4 Å². The van der Waals surface area contributed by atoms with Crippen LogP contribution in [0.15, 0.2) is 22.7 Å². The maximum absolute atomic E-state index is 12.0. The molecule has 0 aliphatic rings. The zero-order valence-corrected chi connectivity index (χ0v) is 13.1. The molecule has 1 N–H and O–H groups in total. The summed E-state index contributed by atoms with van der Waals surface area (Å²) in [4.78, 5) is 13.5. The van der Waals surface area contributed by atoms with Crippen molar-refractivity contribution in [3.63, 3.8) is 0 Å². The first kappa shape index (κ1) is 16.0. The molecule has 1 amide bonds. The van der Waals surface area contributed by atoms with Crippen LogP contribution >= 0.6 is 15.9 Å². The normalized spacial score (nSPS) is 12.1. The highest BCUT2D eigenvalue weighted by Crippen LogP contribution is 2.30. The van der Waals surface area contributed by atoms with Gasteiger partial charge in [-0.15, -0.1) is 0 Å². The van der Waals surface area contributed by atoms with Crippen LogP contribution in [0.25, 0.3) is 0 Å². The van der Waals surface area contributed by atoms with Gasteiger partial charge in [-0.3, -0.25) is 4.79 Å². The van der Waals surface area contributed by atoms with E-state index in [0.29, 0.717) is 12.2 Å². The molecular formula is C14H20BrNO3. The summed E-state index contributed by atoms with van der Waals surface area (Å²) in [5, 5.41) is 9.60. The molecular weight excluding hydrogens is 310 g/mol. The molecule has 0 radical (unpaired) electrons. The van der Waals surface area contributed by atoms with E-state index in [1.54, 1.807) is 19.1 Å². The Hall–Kier alpha value is -1.07. The molecule has 0 aromatic heterocycles. The molecule has 1 atom stereocenters. The first-order valence-electron chi connectivity index (χ1n) is 6.25. The number of carbonyl (C=O) groups is 1. The number of methoxy groups -OCH3 is 1. The average Bonchev–Trinajstić information content (AvgIpc) is 2.41. The van der Waals surface area contributed by atoms with Crippen LogP contribution in [0.4, 0.5) is 0 Å². The Morgan fingerprint density at radius 1 is 1.53 bits per heavy atom. The number of rotatable bonds is 6. The number of likely N-dealkylation sites (N-methyl/N-ethyl adjacent to an activating group) is 1. The molecule has 106 valence electrons. The van der Waals surface area contributed by atoms with Crippen molar-refractivity contribution in [2.45, 2.75) is 25.8 Å². The topological polar surface area (TPSA) is 49.8 Å². The van der Waals surface area contributed by atoms with Crippen molar-refractivity contribution < 1.29 is 14.6 Å². The highest BCUT2D eigenvalue weighted by atomic mass is 79.9. The molecule has 0 aliphatic heterocycles. The van der Waals surface area contributed by atoms with Gasteiger partial charge in [0.05, 0.1) is 19.8 Å². The third kappa shape index (κ3) is 3.94. The van der Waals surface area contributed by atoms with Gasteiger partial charge in [-0.2, -0.15) is 0 Å². The predicted octanol–water partition coefficient (Wildman–Crippen LogP) is 2.75. The van der Waals surface area contributed by atoms with Gasteiger partial charge in [-0.05, 0) is 30.2 Å². The number of benzene rings is 1. The van der Waals surface area contributed by atoms with Crippen molar-refractivity contribution in [1.82, 2.24) is 4.90 Å². The second-order valence-electron chi connectivity index (χ2n) is 4.34. The molecule has 0 heterocycles. The van der Waals surface area contributed by atoms with Crippen LogP contribution in [0.5, 0.6) is 5.75 Å². The van der Waals surface area contributed by atoms with Crippen LogP contribution in [-0.4, -0.2) is 36.7 Å². The van der Waals surface area contributed by atoms with E-state index >= 15 is 0 Å². The fourth-order valence-electron chi connectivity index (χ4n) is 1.90. The predicted molar refractivity (Wildman–Crippen MR) is 78.2 cm³/mol. The Kier molecular flexibility index (Phi) is 6.31. The SMILES string of the molecule is CCCC(=O)N(C)[C@@H](CO)c1cc(OC)ccc1Br. The molecule has 5 heteroatoms. The summed E-state index contributed by atoms with van der Waals surface area (Å²) in [6.45, 7) is 1.83. The number of carbonyl (C=O) groups excluding carboxylic acids is 1. The largest absolute Gasteiger partial charge is 0.497 e. The molecule has 0 fully saturated rings. The number of nitrogens with zero attached hydrogens (tertiary/aromatic N) is 1. The van der Waals surface area contributed by atoms with E-state index in [0.717, 1.165) is 16.5 Å². The monoisotopic (exact) mass is 329 g/mol. The molecule has 0 aliphatic carbocycles. The zero-order chi connectivity index (χ0) is 14.4. The molecule has 0 saturated heterocycles. The maximum Gasteiger partial charge on any atom is 0.222 e. The summed E-state index contributed by atoms with van der Waals surface area (Å²) in [6, 6.07) is 5.15. The molecule has 0 spiro atoms. The second-order valence-corrected chi connectivity index (χ2v) is 5.19. The van der Waals surface area contributed by atoms with Gasteiger partial charge in [0.25, 0.3) is 0 Å². The summed E-state index contributed by atoms with van der Waals surface area (Å²) < 4.78 is 6.04. The minimum absolute atomic E-state index is 0.0243. The maximum atomic E-state index is 12.0. The number of aliphatic hydroxyl groups excluding tert-OH is 1. The number of amides is 1. The Morgan fingerprint density at radius 2 is 2.21 bits per heavy atom. The highest BCUT2D eigenvalue weighted by molar-refractivity contribution is 9.10. The summed E-state index contributed by atoms with van der Waals surface area (Å²) in [7, 11) is 3.30. The van der Waals surface area contributed by atoms with Gasteiger partial charge in [0, 0.05) is 17.9 Å². The molecule has 0 unspecified atom stereocenters. The van der Waals surface area contributed by atoms with Crippen LogP contribution in [0.3, 0.4) is 0 Å². The van der Waals surface area contributed by atoms with Crippen LogP contribution < -0.4 is 4.74 Å². The number of aliphatic hydroxyl groups is 1. The van der Waals surface area contributed by atoms with Crippen LogP contribution in [-0.2, 0) is 4.79 Å². The van der Waals surface area contributed by atoms with Crippen molar-refractivity contribution in [1.29, 1.82) is 0 Å². The molecule has 1 rings (SSSR count). The Bertz CT molecular complexity index is 437. The van der Waals surface area contributed by atoms with Crippen LogP contribution in [0.2, 0.25) is 0 Å². The van der Waals surface area contributed by atoms with Gasteiger partial charge >= 0.3 is 0 Å². The third-order valence-corrected chi connectivity index (χ3v) is 3.78. The number of hydrogen-bond acceptors (Lipinski definition) is 3. The number of ether oxygens (including phenoxy) is 1. The van der Waals surface area contributed by atoms with Gasteiger partial charge in [0.15, 0.2) is 0 Å². The summed E-state index contributed by atoms with van der Waals surface area (Å²) >= 11 is 3.45. The smallest absolute Gasteiger partial charge is 0.222 e. The lowest BCUT2D eigenvalue weighted by atomic mass is 10.1. The molecule has 1 aromatic carbocycles. The lowest BCUT2D eigenvalue weighted by Gasteiger charge is -2.28. The molecule has 4 nitrogen and oxygen atoms in total. The lowest BCUT2D eigenvalue weighted by Crippen LogP contribution is -2.33. The van der Waals surface area contributed by atoms with Gasteiger partial charge in [-0.1, -0.05) is 22.9 Å². The highest BCUT2D eigenvalue weighted by Gasteiger charge is 2.22. The van der Waals surface area contributed by atoms with E-state index < -0.39 is 0 Å². The number of hydrogen-bond donors (Lipinski definition) is 1. The quantitative estimate of drug-likeness (QED) is 0.873. The lowest BCUT2D eigenvalue weighted by molar-refractivity contribution is -0.133. The average molecular weight is 330 g/mol. The Morgan fingerprint density at radius 3 is 2.74 bits per heavy atom. The summed E-state index contributed by atoms with van der Waals surface area (Å²) in [5.74, 6) is 0.726. The van der Waals surface area contributed by atoms with Crippen molar-refractivity contribution in [3.05, 3.63) is 28.2 Å². The van der Waals surface area contributed by atoms with Crippen molar-refractivity contribution in [2.75, 3.05) is 20.8 Å². The second kappa shape index (κ2) is 7.50. The fraction of sp³-hybridized carbons (Fsp3) is 0.500. The molecule has 19 heavy (non-hydrogen) atoms. The number of halogens is 1. The van der Waals surface area contributed by atoms with E-state index in [9.17, 15) is 9.90 Å². The van der Waals surface area contributed by atoms with Gasteiger partial charge in [-0.25, -0.2) is 0 Å². The van der Waals surface area contributed by atoms with Crippen molar-refractivity contribution in [2.24, 2.45) is 0 Å². The molecule has 0 saturated carbocycles. The van der Waals surface area contributed by atoms with E-state index in [1.165, 1.54) is 0 Å². The standard InChI is InChI=1S/C14H20BrNO3/c1-4-5-14(18)16(2)13(9-17)11-8-10(19-3)6-7-12(11)15/h6-8,13,17H,4-5,9H2,1-3H3/t13-/m0/s1. The third-order valence-electron chi connectivity index (χ3n) is 3.06. The van der Waals surface area contributed by atoms with Gasteiger partial charge in [0.2, 0.25) is 5.91 Å². The van der Waals surface area contributed by atoms with Crippen LogP contribution in [0, 0.1) is 0 Å². The van der Waals surface area contributed by atoms with Gasteiger partial charge in [0.1, 0.15) is 5.75 Å². The van der Waals surface area contributed by atoms with E-state index in [4.69, 9.17) is 4.74 Å². The van der Waals surface area contributed by atoms with Crippen molar-refractivity contribution >= 4 is 21.8 Å². The van der Waals surface area contributed by atoms with E-state index in [-0.39, 0.29) is 18.6 Å². The minimum Gasteiger partial charge on any atom is -0.497 e. The minimum atomic E-state index is -0.372. The van der Waals surface area contributed by atoms with Gasteiger partial charge < -0.3 is 14.7 Å². The Balaban J connectivity index is 3.05. The zero-order valence-electron chi connectivity index (χ0n) is 11.5. The summed E-state index contributed by atoms with van der Waals surface area (Å²) in [6.07, 6.45) is 1.27. The Labute approximate surface area is 122 Å². The van der Waals surface area contributed by atoms with E-state index in [2.05, 4.69) is 15.9 Å². The van der Waals surface area contributed by atoms with Crippen molar-refractivity contribution in [3.8, 4) is 5.75 Å². The summed E-state index contributed by atoms with van der Waals surface area (Å²) in [5.41, 5.74) is 0.841. The fourth-order valence-corrected chi connectivity index (χ4v) is 2.41.